The fraction of sp³-hybridized carbons (Fsp3) is 0.0526. The summed E-state index contributed by atoms with van der Waals surface area (Å²) in [5, 5.41) is 3.11. The van der Waals surface area contributed by atoms with Crippen LogP contribution in [0.15, 0.2) is 71.5 Å². The molecule has 4 heteroatoms. The Bertz CT molecular complexity index is 1030. The number of aromatic nitrogens is 3. The third-order valence-electron chi connectivity index (χ3n) is 3.88. The summed E-state index contributed by atoms with van der Waals surface area (Å²) in [6.45, 7) is 1.82. The largest absolute Gasteiger partial charge is 0.289 e. The number of nitrogens with zero attached hydrogens (tertiary/aromatic N) is 2. The minimum absolute atomic E-state index is 0.0975. The van der Waals surface area contributed by atoms with E-state index in [0.717, 1.165) is 22.5 Å². The highest BCUT2D eigenvalue weighted by Crippen LogP contribution is 2.24. The molecule has 4 nitrogen and oxygen atoms in total. The average molecular weight is 301 g/mol. The van der Waals surface area contributed by atoms with E-state index in [4.69, 9.17) is 0 Å². The molecule has 4 rings (SSSR count). The van der Waals surface area contributed by atoms with Crippen molar-refractivity contribution in [1.82, 2.24) is 14.6 Å². The van der Waals surface area contributed by atoms with Crippen LogP contribution < -0.4 is 5.56 Å². The lowest BCUT2D eigenvalue weighted by Crippen LogP contribution is -2.14. The molecule has 0 aliphatic carbocycles. The smallest absolute Gasteiger partial charge is 0.272 e. The van der Waals surface area contributed by atoms with Crippen molar-refractivity contribution in [3.63, 3.8) is 0 Å². The molecular weight excluding hydrogens is 286 g/mol. The van der Waals surface area contributed by atoms with Crippen LogP contribution in [-0.2, 0) is 0 Å². The first-order valence-corrected chi connectivity index (χ1v) is 7.46. The Hall–Kier alpha value is -3.14. The average Bonchev–Trinajstić information content (AvgIpc) is 3.00. The van der Waals surface area contributed by atoms with Crippen molar-refractivity contribution in [3.05, 3.63) is 82.8 Å². The molecule has 0 aliphatic rings. The molecule has 0 unspecified atom stereocenters. The van der Waals surface area contributed by atoms with Crippen molar-refractivity contribution < 1.29 is 0 Å². The second-order valence-electron chi connectivity index (χ2n) is 5.54. The third kappa shape index (κ3) is 2.44. The molecule has 23 heavy (non-hydrogen) atoms. The number of benzene rings is 2. The number of hydrogen-bond donors (Lipinski definition) is 1. The number of aromatic amines is 1. The Balaban J connectivity index is 1.76. The van der Waals surface area contributed by atoms with Crippen molar-refractivity contribution in [1.29, 1.82) is 0 Å². The summed E-state index contributed by atoms with van der Waals surface area (Å²) in [5.74, 6) is 0. The summed E-state index contributed by atoms with van der Waals surface area (Å²) in [5.41, 5.74) is 5.50. The number of hydrogen-bond acceptors (Lipinski definition) is 2. The predicted molar refractivity (Wildman–Crippen MR) is 91.4 cm³/mol. The van der Waals surface area contributed by atoms with E-state index in [0.29, 0.717) is 5.65 Å². The highest BCUT2D eigenvalue weighted by atomic mass is 16.1. The van der Waals surface area contributed by atoms with Gasteiger partial charge in [-0.25, -0.2) is 9.50 Å². The van der Waals surface area contributed by atoms with Gasteiger partial charge in [-0.2, -0.15) is 0 Å². The van der Waals surface area contributed by atoms with E-state index in [-0.39, 0.29) is 5.56 Å². The van der Waals surface area contributed by atoms with Gasteiger partial charge in [0.1, 0.15) is 0 Å². The van der Waals surface area contributed by atoms with E-state index in [1.165, 1.54) is 16.1 Å². The summed E-state index contributed by atoms with van der Waals surface area (Å²) in [6, 6.07) is 21.9. The molecule has 0 saturated carbocycles. The lowest BCUT2D eigenvalue weighted by molar-refractivity contribution is 0.893. The van der Waals surface area contributed by atoms with Crippen LogP contribution in [0.1, 0.15) is 5.69 Å². The minimum Gasteiger partial charge on any atom is -0.289 e. The molecule has 4 aromatic rings. The Kier molecular flexibility index (Phi) is 3.08. The summed E-state index contributed by atoms with van der Waals surface area (Å²) >= 11 is 0. The van der Waals surface area contributed by atoms with Crippen molar-refractivity contribution in [2.45, 2.75) is 6.92 Å². The van der Waals surface area contributed by atoms with E-state index in [1.807, 2.05) is 43.3 Å². The van der Waals surface area contributed by atoms with E-state index < -0.39 is 0 Å². The highest BCUT2D eigenvalue weighted by molar-refractivity contribution is 5.70. The van der Waals surface area contributed by atoms with Crippen molar-refractivity contribution in [2.24, 2.45) is 0 Å². The summed E-state index contributed by atoms with van der Waals surface area (Å²) in [4.78, 5) is 16.4. The van der Waals surface area contributed by atoms with E-state index >= 15 is 0 Å². The normalized spacial score (nSPS) is 11.0. The molecule has 0 amide bonds. The van der Waals surface area contributed by atoms with Crippen LogP contribution in [0.2, 0.25) is 0 Å². The molecule has 0 bridgehead atoms. The SMILES string of the molecule is Cc1cc(=O)n2[nH]c(-c3ccc(-c4ccccc4)cc3)cc2n1. The molecule has 112 valence electrons. The highest BCUT2D eigenvalue weighted by Gasteiger charge is 2.07. The summed E-state index contributed by atoms with van der Waals surface area (Å²) in [6.07, 6.45) is 0. The van der Waals surface area contributed by atoms with E-state index in [9.17, 15) is 4.79 Å². The predicted octanol–water partition coefficient (Wildman–Crippen LogP) is 3.67. The topological polar surface area (TPSA) is 50.2 Å². The molecule has 0 saturated heterocycles. The molecule has 0 aliphatic heterocycles. The van der Waals surface area contributed by atoms with Gasteiger partial charge in [0.05, 0.1) is 5.69 Å². The monoisotopic (exact) mass is 301 g/mol. The quantitative estimate of drug-likeness (QED) is 0.614. The Labute approximate surface area is 133 Å². The molecule has 0 spiro atoms. The molecule has 2 heterocycles. The second-order valence-corrected chi connectivity index (χ2v) is 5.54. The summed E-state index contributed by atoms with van der Waals surface area (Å²) in [7, 11) is 0. The van der Waals surface area contributed by atoms with Gasteiger partial charge in [0.25, 0.3) is 5.56 Å². The van der Waals surface area contributed by atoms with Gasteiger partial charge >= 0.3 is 0 Å². The number of fused-ring (bicyclic) bond motifs is 1. The molecule has 0 fully saturated rings. The molecule has 2 aromatic carbocycles. The van der Waals surface area contributed by atoms with Gasteiger partial charge in [-0.05, 0) is 23.6 Å². The van der Waals surface area contributed by atoms with Crippen molar-refractivity contribution >= 4 is 5.65 Å². The molecule has 0 radical (unpaired) electrons. The second kappa shape index (κ2) is 5.25. The first kappa shape index (κ1) is 13.5. The van der Waals surface area contributed by atoms with Crippen LogP contribution in [0, 0.1) is 6.92 Å². The van der Waals surface area contributed by atoms with Gasteiger partial charge in [-0.15, -0.1) is 0 Å². The maximum atomic E-state index is 12.0. The van der Waals surface area contributed by atoms with Gasteiger partial charge in [-0.3, -0.25) is 9.89 Å². The first-order valence-electron chi connectivity index (χ1n) is 7.46. The number of nitrogens with one attached hydrogen (secondary N) is 1. The van der Waals surface area contributed by atoms with E-state index in [2.05, 4.69) is 34.3 Å². The van der Waals surface area contributed by atoms with Crippen LogP contribution in [-0.4, -0.2) is 14.6 Å². The Morgan fingerprint density at radius 2 is 1.52 bits per heavy atom. The maximum absolute atomic E-state index is 12.0. The van der Waals surface area contributed by atoms with Crippen LogP contribution in [0.25, 0.3) is 28.0 Å². The Morgan fingerprint density at radius 1 is 0.870 bits per heavy atom. The zero-order chi connectivity index (χ0) is 15.8. The lowest BCUT2D eigenvalue weighted by Gasteiger charge is -2.03. The van der Waals surface area contributed by atoms with Crippen LogP contribution in [0.3, 0.4) is 0 Å². The van der Waals surface area contributed by atoms with Gasteiger partial charge in [-0.1, -0.05) is 54.6 Å². The lowest BCUT2D eigenvalue weighted by atomic mass is 10.0. The minimum atomic E-state index is -0.0975. The van der Waals surface area contributed by atoms with Crippen molar-refractivity contribution in [2.75, 3.05) is 0 Å². The zero-order valence-electron chi connectivity index (χ0n) is 12.7. The fourth-order valence-corrected chi connectivity index (χ4v) is 2.73. The maximum Gasteiger partial charge on any atom is 0.272 e. The Morgan fingerprint density at radius 3 is 2.26 bits per heavy atom. The van der Waals surface area contributed by atoms with Crippen molar-refractivity contribution in [3.8, 4) is 22.4 Å². The van der Waals surface area contributed by atoms with Gasteiger partial charge in [0.2, 0.25) is 0 Å². The molecular formula is C19H15N3O. The molecule has 1 N–H and O–H groups in total. The third-order valence-corrected chi connectivity index (χ3v) is 3.88. The summed E-state index contributed by atoms with van der Waals surface area (Å²) < 4.78 is 1.47. The van der Waals surface area contributed by atoms with Gasteiger partial charge < -0.3 is 0 Å². The van der Waals surface area contributed by atoms with Gasteiger partial charge in [0.15, 0.2) is 5.65 Å². The molecule has 0 atom stereocenters. The zero-order valence-corrected chi connectivity index (χ0v) is 12.7. The standard InChI is InChI=1S/C19H15N3O/c1-13-11-19(23)22-18(20-13)12-17(21-22)16-9-7-15(8-10-16)14-5-3-2-4-6-14/h2-12,21H,1H3. The van der Waals surface area contributed by atoms with Gasteiger partial charge in [0, 0.05) is 17.8 Å². The van der Waals surface area contributed by atoms with Crippen LogP contribution in [0.5, 0.6) is 0 Å². The fourth-order valence-electron chi connectivity index (χ4n) is 2.73. The van der Waals surface area contributed by atoms with Crippen LogP contribution >= 0.6 is 0 Å². The van der Waals surface area contributed by atoms with Crippen LogP contribution in [0.4, 0.5) is 0 Å². The number of rotatable bonds is 2. The number of H-pyrrole nitrogens is 1. The molecule has 2 aromatic heterocycles. The number of aryl methyl sites for hydroxylation is 1. The van der Waals surface area contributed by atoms with E-state index in [1.54, 1.807) is 0 Å². The first-order chi connectivity index (χ1) is 11.2.